The summed E-state index contributed by atoms with van der Waals surface area (Å²) in [5.74, 6) is -1.54. The van der Waals surface area contributed by atoms with Crippen LogP contribution in [0.3, 0.4) is 0 Å². The molecular formula is C11H7Cl2N3O3S2. The van der Waals surface area contributed by atoms with E-state index in [0.29, 0.717) is 9.36 Å². The molecule has 0 saturated heterocycles. The van der Waals surface area contributed by atoms with Crippen molar-refractivity contribution < 1.29 is 14.7 Å². The summed E-state index contributed by atoms with van der Waals surface area (Å²) in [6, 6.07) is 4.54. The van der Waals surface area contributed by atoms with Crippen molar-refractivity contribution >= 4 is 63.3 Å². The number of rotatable bonds is 5. The van der Waals surface area contributed by atoms with Crippen molar-refractivity contribution in [2.24, 2.45) is 0 Å². The fourth-order valence-electron chi connectivity index (χ4n) is 1.28. The minimum absolute atomic E-state index is 0.122. The first-order valence-electron chi connectivity index (χ1n) is 5.40. The van der Waals surface area contributed by atoms with Crippen molar-refractivity contribution in [1.29, 1.82) is 0 Å². The van der Waals surface area contributed by atoms with Crippen LogP contribution in [0.25, 0.3) is 0 Å². The molecule has 0 unspecified atom stereocenters. The lowest BCUT2D eigenvalue weighted by Gasteiger charge is -2.03. The van der Waals surface area contributed by atoms with E-state index in [1.54, 1.807) is 6.07 Å². The molecule has 0 aliphatic rings. The highest BCUT2D eigenvalue weighted by Crippen LogP contribution is 2.27. The van der Waals surface area contributed by atoms with Crippen LogP contribution in [0.4, 0.5) is 5.13 Å². The molecule has 0 spiro atoms. The van der Waals surface area contributed by atoms with Gasteiger partial charge in [0.25, 0.3) is 5.91 Å². The van der Waals surface area contributed by atoms with Gasteiger partial charge in [-0.15, -0.1) is 10.2 Å². The number of aliphatic carboxylic acids is 1. The van der Waals surface area contributed by atoms with Gasteiger partial charge in [0.15, 0.2) is 4.34 Å². The fraction of sp³-hybridized carbons (Fsp3) is 0.0909. The summed E-state index contributed by atoms with van der Waals surface area (Å²) in [5.41, 5.74) is 0.221. The van der Waals surface area contributed by atoms with Crippen molar-refractivity contribution in [1.82, 2.24) is 10.2 Å². The van der Waals surface area contributed by atoms with Gasteiger partial charge < -0.3 is 5.11 Å². The van der Waals surface area contributed by atoms with Crippen LogP contribution in [0.2, 0.25) is 10.0 Å². The van der Waals surface area contributed by atoms with Crippen molar-refractivity contribution in [3.05, 3.63) is 33.8 Å². The zero-order valence-corrected chi connectivity index (χ0v) is 13.3. The quantitative estimate of drug-likeness (QED) is 0.625. The van der Waals surface area contributed by atoms with Crippen LogP contribution in [0.1, 0.15) is 10.4 Å². The molecular weight excluding hydrogens is 357 g/mol. The molecule has 0 aliphatic heterocycles. The number of aromatic nitrogens is 2. The third-order valence-electron chi connectivity index (χ3n) is 2.12. The number of amides is 1. The molecule has 1 heterocycles. The van der Waals surface area contributed by atoms with E-state index in [1.165, 1.54) is 12.1 Å². The number of carboxylic acid groups (broad SMARTS) is 1. The molecule has 0 aliphatic carbocycles. The Morgan fingerprint density at radius 3 is 2.81 bits per heavy atom. The summed E-state index contributed by atoms with van der Waals surface area (Å²) < 4.78 is 0.449. The monoisotopic (exact) mass is 363 g/mol. The van der Waals surface area contributed by atoms with E-state index in [0.717, 1.165) is 23.1 Å². The third kappa shape index (κ3) is 4.57. The number of nitrogens with one attached hydrogen (secondary N) is 1. The van der Waals surface area contributed by atoms with Gasteiger partial charge in [0.05, 0.1) is 16.3 Å². The molecule has 2 rings (SSSR count). The first-order valence-corrected chi connectivity index (χ1v) is 7.96. The summed E-state index contributed by atoms with van der Waals surface area (Å²) in [4.78, 5) is 22.5. The van der Waals surface area contributed by atoms with Crippen LogP contribution in [-0.2, 0) is 4.79 Å². The Bertz CT molecular complexity index is 693. The van der Waals surface area contributed by atoms with Gasteiger partial charge in [-0.1, -0.05) is 46.3 Å². The number of halogens is 2. The minimum atomic E-state index is -0.952. The predicted molar refractivity (Wildman–Crippen MR) is 82.7 cm³/mol. The standard InChI is InChI=1S/C11H7Cl2N3O3S2/c12-5-1-2-7(13)6(3-5)9(19)14-10-15-16-11(21-10)20-4-8(17)18/h1-3H,4H2,(H,17,18)(H,14,15,19). The largest absolute Gasteiger partial charge is 0.481 e. The molecule has 0 bridgehead atoms. The number of benzene rings is 1. The van der Waals surface area contributed by atoms with Gasteiger partial charge in [-0.05, 0) is 18.2 Å². The Hall–Kier alpha value is -1.35. The van der Waals surface area contributed by atoms with Crippen molar-refractivity contribution in [2.45, 2.75) is 4.34 Å². The average Bonchev–Trinajstić information content (AvgIpc) is 2.86. The van der Waals surface area contributed by atoms with Gasteiger partial charge in [0.2, 0.25) is 5.13 Å². The van der Waals surface area contributed by atoms with Crippen LogP contribution < -0.4 is 5.32 Å². The van der Waals surface area contributed by atoms with Crippen molar-refractivity contribution in [3.63, 3.8) is 0 Å². The van der Waals surface area contributed by atoms with Gasteiger partial charge in [-0.25, -0.2) is 0 Å². The maximum absolute atomic E-state index is 12.0. The number of carbonyl (C=O) groups excluding carboxylic acids is 1. The summed E-state index contributed by atoms with van der Waals surface area (Å²) in [7, 11) is 0. The van der Waals surface area contributed by atoms with E-state index in [1.807, 2.05) is 0 Å². The molecule has 1 amide bonds. The van der Waals surface area contributed by atoms with E-state index >= 15 is 0 Å². The van der Waals surface area contributed by atoms with Gasteiger partial charge in [-0.2, -0.15) is 0 Å². The summed E-state index contributed by atoms with van der Waals surface area (Å²) in [6.07, 6.45) is 0. The van der Waals surface area contributed by atoms with Crippen LogP contribution in [0.5, 0.6) is 0 Å². The smallest absolute Gasteiger partial charge is 0.313 e. The second-order valence-corrected chi connectivity index (χ2v) is 6.68. The molecule has 2 aromatic rings. The van der Waals surface area contributed by atoms with E-state index in [2.05, 4.69) is 15.5 Å². The first kappa shape index (κ1) is 16.0. The van der Waals surface area contributed by atoms with Crippen LogP contribution in [0.15, 0.2) is 22.5 Å². The van der Waals surface area contributed by atoms with E-state index < -0.39 is 11.9 Å². The molecule has 0 saturated carbocycles. The number of carbonyl (C=O) groups is 2. The number of nitrogens with zero attached hydrogens (tertiary/aromatic N) is 2. The van der Waals surface area contributed by atoms with Crippen LogP contribution >= 0.6 is 46.3 Å². The average molecular weight is 364 g/mol. The topological polar surface area (TPSA) is 92.2 Å². The second kappa shape index (κ2) is 7.08. The van der Waals surface area contributed by atoms with Crippen molar-refractivity contribution in [3.8, 4) is 0 Å². The lowest BCUT2D eigenvalue weighted by Crippen LogP contribution is -2.12. The molecule has 0 radical (unpaired) electrons. The maximum atomic E-state index is 12.0. The maximum Gasteiger partial charge on any atom is 0.313 e. The van der Waals surface area contributed by atoms with E-state index in [9.17, 15) is 9.59 Å². The first-order chi connectivity index (χ1) is 9.95. The number of hydrogen-bond acceptors (Lipinski definition) is 6. The Kier molecular flexibility index (Phi) is 5.40. The summed E-state index contributed by atoms with van der Waals surface area (Å²) >= 11 is 13.8. The second-order valence-electron chi connectivity index (χ2n) is 3.63. The highest BCUT2D eigenvalue weighted by molar-refractivity contribution is 8.01. The Labute approximate surface area is 137 Å². The number of thioether (sulfide) groups is 1. The number of hydrogen-bond donors (Lipinski definition) is 2. The number of anilines is 1. The van der Waals surface area contributed by atoms with Gasteiger partial charge in [0.1, 0.15) is 0 Å². The highest BCUT2D eigenvalue weighted by atomic mass is 35.5. The summed E-state index contributed by atoms with van der Waals surface area (Å²) in [5, 5.41) is 19.5. The summed E-state index contributed by atoms with van der Waals surface area (Å²) in [6.45, 7) is 0. The molecule has 0 atom stereocenters. The van der Waals surface area contributed by atoms with E-state index in [4.69, 9.17) is 28.3 Å². The normalized spacial score (nSPS) is 10.4. The molecule has 0 fully saturated rings. The number of carboxylic acids is 1. The highest BCUT2D eigenvalue weighted by Gasteiger charge is 2.14. The van der Waals surface area contributed by atoms with Crippen LogP contribution in [-0.4, -0.2) is 32.9 Å². The SMILES string of the molecule is O=C(O)CSc1nnc(NC(=O)c2cc(Cl)ccc2Cl)s1. The van der Waals surface area contributed by atoms with E-state index in [-0.39, 0.29) is 21.5 Å². The van der Waals surface area contributed by atoms with Gasteiger partial charge in [-0.3, -0.25) is 14.9 Å². The van der Waals surface area contributed by atoms with Gasteiger partial charge >= 0.3 is 5.97 Å². The minimum Gasteiger partial charge on any atom is -0.481 e. The van der Waals surface area contributed by atoms with Crippen LogP contribution in [0, 0.1) is 0 Å². The Balaban J connectivity index is 2.06. The molecule has 6 nitrogen and oxygen atoms in total. The van der Waals surface area contributed by atoms with Gasteiger partial charge in [0, 0.05) is 5.02 Å². The zero-order valence-electron chi connectivity index (χ0n) is 10.2. The Morgan fingerprint density at radius 2 is 2.10 bits per heavy atom. The third-order valence-corrected chi connectivity index (χ3v) is 4.64. The van der Waals surface area contributed by atoms with Crippen molar-refractivity contribution in [2.75, 3.05) is 11.1 Å². The molecule has 110 valence electrons. The zero-order chi connectivity index (χ0) is 15.4. The fourth-order valence-corrected chi connectivity index (χ4v) is 3.12. The lowest BCUT2D eigenvalue weighted by atomic mass is 10.2. The lowest BCUT2D eigenvalue weighted by molar-refractivity contribution is -0.133. The Morgan fingerprint density at radius 1 is 1.33 bits per heavy atom. The predicted octanol–water partition coefficient (Wildman–Crippen LogP) is 3.27. The molecule has 2 N–H and O–H groups in total. The molecule has 21 heavy (non-hydrogen) atoms. The molecule has 1 aromatic carbocycles. The molecule has 10 heteroatoms. The molecule has 1 aromatic heterocycles.